The van der Waals surface area contributed by atoms with Gasteiger partial charge in [-0.2, -0.15) is 0 Å². The zero-order chi connectivity index (χ0) is 33.6. The van der Waals surface area contributed by atoms with Gasteiger partial charge in [-0.15, -0.1) is 18.3 Å². The van der Waals surface area contributed by atoms with E-state index in [2.05, 4.69) is 132 Å². The highest BCUT2D eigenvalue weighted by atomic mass is 32.2. The Labute approximate surface area is 280 Å². The monoisotopic (exact) mass is 622 g/mol. The average molecular weight is 623 g/mol. The predicted octanol–water partition coefficient (Wildman–Crippen LogP) is 12.9. The van der Waals surface area contributed by atoms with Crippen molar-refractivity contribution < 1.29 is 0 Å². The van der Waals surface area contributed by atoms with Crippen molar-refractivity contribution in [2.45, 2.75) is 99.3 Å². The van der Waals surface area contributed by atoms with Gasteiger partial charge < -0.3 is 0 Å². The lowest BCUT2D eigenvalue weighted by Gasteiger charge is -2.13. The fourth-order valence-corrected chi connectivity index (χ4v) is 4.98. The minimum atomic E-state index is 0.948. The fourth-order valence-electron chi connectivity index (χ4n) is 4.37. The van der Waals surface area contributed by atoms with Crippen LogP contribution in [0.4, 0.5) is 0 Å². The van der Waals surface area contributed by atoms with E-state index in [0.717, 1.165) is 25.8 Å². The molecule has 242 valence electrons. The van der Waals surface area contributed by atoms with E-state index in [4.69, 9.17) is 0 Å². The van der Waals surface area contributed by atoms with Gasteiger partial charge in [0.15, 0.2) is 0 Å². The van der Waals surface area contributed by atoms with Crippen LogP contribution >= 0.6 is 11.8 Å². The Bertz CT molecular complexity index is 1420. The summed E-state index contributed by atoms with van der Waals surface area (Å²) in [7, 11) is 0. The van der Waals surface area contributed by atoms with Crippen molar-refractivity contribution >= 4 is 23.2 Å². The van der Waals surface area contributed by atoms with Crippen LogP contribution < -0.4 is 0 Å². The van der Waals surface area contributed by atoms with Crippen molar-refractivity contribution in [1.82, 2.24) is 0 Å². The summed E-state index contributed by atoms with van der Waals surface area (Å²) in [6, 6.07) is 25.7. The third-order valence-electron chi connectivity index (χ3n) is 7.31. The lowest BCUT2D eigenvalue weighted by atomic mass is 9.94. The van der Waals surface area contributed by atoms with Crippen LogP contribution in [0.5, 0.6) is 0 Å². The molecule has 2 aliphatic rings. The molecule has 3 aromatic carbocycles. The quantitative estimate of drug-likeness (QED) is 0.198. The molecule has 0 N–H and O–H groups in total. The van der Waals surface area contributed by atoms with Gasteiger partial charge in [0.1, 0.15) is 0 Å². The highest BCUT2D eigenvalue weighted by molar-refractivity contribution is 7.98. The number of nitrogens with zero attached hydrogens (tertiary/aromatic N) is 2. The van der Waals surface area contributed by atoms with Crippen molar-refractivity contribution in [2.75, 3.05) is 12.8 Å². The minimum absolute atomic E-state index is 0.948. The Balaban J connectivity index is 0.000000346. The van der Waals surface area contributed by atoms with E-state index in [0.29, 0.717) is 0 Å². The fraction of sp³-hybridized carbons (Fsp3) is 0.381. The summed E-state index contributed by atoms with van der Waals surface area (Å²) in [5.74, 6) is 0. The molecule has 2 aliphatic heterocycles. The second-order valence-corrected chi connectivity index (χ2v) is 12.3. The normalized spacial score (nSPS) is 12.7. The number of thioether (sulfide) groups is 1. The summed E-state index contributed by atoms with van der Waals surface area (Å²) >= 11 is 1.81. The van der Waals surface area contributed by atoms with Crippen LogP contribution in [0.25, 0.3) is 11.1 Å². The third kappa shape index (κ3) is 14.9. The summed E-state index contributed by atoms with van der Waals surface area (Å²) in [5, 5.41) is 0. The number of rotatable bonds is 6. The predicted molar refractivity (Wildman–Crippen MR) is 207 cm³/mol. The number of hydrogen-bond acceptors (Lipinski definition) is 3. The number of benzene rings is 3. The second-order valence-electron chi connectivity index (χ2n) is 11.4. The van der Waals surface area contributed by atoms with E-state index in [1.165, 1.54) is 73.7 Å². The van der Waals surface area contributed by atoms with Crippen LogP contribution in [0.3, 0.4) is 0 Å². The molecule has 2 heterocycles. The van der Waals surface area contributed by atoms with Crippen molar-refractivity contribution in [3.8, 4) is 11.1 Å². The SMILES string of the molecule is C=C(C)C.CCC1=C(C)C(C)=NC1.CCCC.CCc1cc(C2=NC=CC2)ccc1-c1ccccc1SC.Cc1ccccc1. The lowest BCUT2D eigenvalue weighted by Crippen LogP contribution is -1.99. The molecule has 5 rings (SSSR count). The molecule has 0 unspecified atom stereocenters. The smallest absolute Gasteiger partial charge is 0.0609 e. The first-order valence-electron chi connectivity index (χ1n) is 16.4. The average Bonchev–Trinajstić information content (AvgIpc) is 3.71. The summed E-state index contributed by atoms with van der Waals surface area (Å²) in [4.78, 5) is 10.1. The summed E-state index contributed by atoms with van der Waals surface area (Å²) in [6.45, 7) is 23.5. The molecule has 0 radical (unpaired) electrons. The van der Waals surface area contributed by atoms with Gasteiger partial charge in [-0.25, -0.2) is 0 Å². The number of aliphatic imine (C=N–C) groups is 2. The summed E-state index contributed by atoms with van der Waals surface area (Å²) in [6.07, 6.45) is 11.9. The Hall–Kier alpha value is -3.43. The van der Waals surface area contributed by atoms with Crippen LogP contribution in [-0.2, 0) is 6.42 Å². The molecule has 0 spiro atoms. The molecule has 3 heteroatoms. The van der Waals surface area contributed by atoms with Crippen LogP contribution in [0, 0.1) is 6.92 Å². The first-order chi connectivity index (χ1) is 21.6. The maximum atomic E-state index is 4.45. The summed E-state index contributed by atoms with van der Waals surface area (Å²) < 4.78 is 0. The number of unbranched alkanes of at least 4 members (excludes halogenated alkanes) is 1. The second kappa shape index (κ2) is 23.0. The molecule has 3 aromatic rings. The third-order valence-corrected chi connectivity index (χ3v) is 8.11. The van der Waals surface area contributed by atoms with Crippen LogP contribution in [-0.4, -0.2) is 24.2 Å². The molecule has 0 aromatic heterocycles. The van der Waals surface area contributed by atoms with Gasteiger partial charge in [-0.3, -0.25) is 9.98 Å². The number of hydrogen-bond donors (Lipinski definition) is 0. The van der Waals surface area contributed by atoms with Crippen molar-refractivity contribution in [2.24, 2.45) is 9.98 Å². The molecule has 0 atom stereocenters. The zero-order valence-corrected chi connectivity index (χ0v) is 30.7. The van der Waals surface area contributed by atoms with Crippen LogP contribution in [0.15, 0.2) is 123 Å². The van der Waals surface area contributed by atoms with E-state index in [1.54, 1.807) is 11.8 Å². The standard InChI is InChI=1S/C19H19NS.C8H13N.C7H8.C4H8.C4H10/c1-3-14-13-15(18-8-6-12-20-18)10-11-16(14)17-7-4-5-9-19(17)21-2;1-4-8-5-9-7(3)6(8)2;1-7-5-3-2-4-6-7;1-4(2)3;1-3-4-2/h4-7,9-13H,3,8H2,1-2H3;4-5H2,1-3H3;2-6H,1H3;1H2,2-3H3;3-4H2,1-2H3. The van der Waals surface area contributed by atoms with Crippen LogP contribution in [0.2, 0.25) is 0 Å². The number of aryl methyl sites for hydroxylation is 2. The maximum Gasteiger partial charge on any atom is 0.0609 e. The first-order valence-corrected chi connectivity index (χ1v) is 17.7. The Kier molecular flexibility index (Phi) is 20.2. The first kappa shape index (κ1) is 39.6. The molecule has 0 saturated heterocycles. The zero-order valence-electron chi connectivity index (χ0n) is 29.8. The van der Waals surface area contributed by atoms with E-state index in [9.17, 15) is 0 Å². The molecule has 0 fully saturated rings. The van der Waals surface area contributed by atoms with E-state index >= 15 is 0 Å². The molecule has 0 amide bonds. The topological polar surface area (TPSA) is 24.7 Å². The Morgan fingerprint density at radius 2 is 1.42 bits per heavy atom. The number of allylic oxidation sites excluding steroid dienone is 3. The van der Waals surface area contributed by atoms with E-state index < -0.39 is 0 Å². The molecule has 0 aliphatic carbocycles. The Morgan fingerprint density at radius 1 is 0.800 bits per heavy atom. The Morgan fingerprint density at radius 3 is 1.84 bits per heavy atom. The van der Waals surface area contributed by atoms with Gasteiger partial charge >= 0.3 is 0 Å². The van der Waals surface area contributed by atoms with Gasteiger partial charge in [0, 0.05) is 23.2 Å². The molecule has 0 saturated carbocycles. The van der Waals surface area contributed by atoms with Gasteiger partial charge in [0.25, 0.3) is 0 Å². The van der Waals surface area contributed by atoms with Gasteiger partial charge in [0.2, 0.25) is 0 Å². The largest absolute Gasteiger partial charge is 0.285 e. The van der Waals surface area contributed by atoms with Crippen molar-refractivity contribution in [1.29, 1.82) is 0 Å². The summed E-state index contributed by atoms with van der Waals surface area (Å²) in [5.41, 5.74) is 13.1. The molecule has 2 nitrogen and oxygen atoms in total. The van der Waals surface area contributed by atoms with Crippen LogP contribution in [0.1, 0.15) is 97.8 Å². The minimum Gasteiger partial charge on any atom is -0.285 e. The van der Waals surface area contributed by atoms with Gasteiger partial charge in [0.05, 0.1) is 12.3 Å². The highest BCUT2D eigenvalue weighted by Crippen LogP contribution is 2.33. The molecular formula is C42H58N2S. The van der Waals surface area contributed by atoms with Crippen molar-refractivity contribution in [3.63, 3.8) is 0 Å². The molecular weight excluding hydrogens is 565 g/mol. The van der Waals surface area contributed by atoms with E-state index in [-0.39, 0.29) is 0 Å². The van der Waals surface area contributed by atoms with Gasteiger partial charge in [-0.05, 0) is 99.2 Å². The van der Waals surface area contributed by atoms with E-state index in [1.807, 2.05) is 38.2 Å². The van der Waals surface area contributed by atoms with Crippen molar-refractivity contribution in [3.05, 3.63) is 125 Å². The van der Waals surface area contributed by atoms with Gasteiger partial charge in [-0.1, -0.05) is 118 Å². The highest BCUT2D eigenvalue weighted by Gasteiger charge is 2.12. The molecule has 0 bridgehead atoms. The lowest BCUT2D eigenvalue weighted by molar-refractivity contribution is 0.886. The molecule has 45 heavy (non-hydrogen) atoms. The maximum absolute atomic E-state index is 4.45.